The van der Waals surface area contributed by atoms with Crippen molar-refractivity contribution in [3.05, 3.63) is 51.6 Å². The van der Waals surface area contributed by atoms with E-state index in [2.05, 4.69) is 26.2 Å². The smallest absolute Gasteiger partial charge is 0.263 e. The molecule has 1 amide bonds. The van der Waals surface area contributed by atoms with Gasteiger partial charge in [0, 0.05) is 15.7 Å². The van der Waals surface area contributed by atoms with Gasteiger partial charge in [-0.1, -0.05) is 17.7 Å². The number of rotatable bonds is 4. The molecule has 1 heterocycles. The molecular formula is C14H12BrClN2O2. The molecule has 1 aromatic heterocycles. The standard InChI is InChI=1S/C14H12BrClN2O2/c1-9-5-13(17-7-12(9)15)18-14(19)8-20-11-4-2-3-10(16)6-11/h2-7H,8H2,1H3,(H,17,18,19). The van der Waals surface area contributed by atoms with Gasteiger partial charge in [-0.2, -0.15) is 0 Å². The van der Waals surface area contributed by atoms with Crippen molar-refractivity contribution in [1.29, 1.82) is 0 Å². The maximum absolute atomic E-state index is 11.7. The second kappa shape index (κ2) is 6.72. The zero-order valence-electron chi connectivity index (χ0n) is 10.7. The van der Waals surface area contributed by atoms with Crippen LogP contribution in [0.3, 0.4) is 0 Å². The van der Waals surface area contributed by atoms with Crippen LogP contribution < -0.4 is 10.1 Å². The Morgan fingerprint density at radius 2 is 2.25 bits per heavy atom. The molecule has 0 unspecified atom stereocenters. The van der Waals surface area contributed by atoms with E-state index in [0.717, 1.165) is 10.0 Å². The normalized spacial score (nSPS) is 10.2. The molecule has 6 heteroatoms. The second-order valence-electron chi connectivity index (χ2n) is 4.11. The summed E-state index contributed by atoms with van der Waals surface area (Å²) in [5, 5.41) is 3.23. The number of carbonyl (C=O) groups is 1. The zero-order chi connectivity index (χ0) is 14.5. The van der Waals surface area contributed by atoms with Crippen LogP contribution in [0.4, 0.5) is 5.82 Å². The Bertz CT molecular complexity index is 634. The van der Waals surface area contributed by atoms with Crippen molar-refractivity contribution in [2.45, 2.75) is 6.92 Å². The molecule has 0 saturated carbocycles. The molecule has 4 nitrogen and oxygen atoms in total. The molecule has 0 saturated heterocycles. The predicted octanol–water partition coefficient (Wildman–Crippen LogP) is 3.82. The minimum Gasteiger partial charge on any atom is -0.484 e. The molecular weight excluding hydrogens is 344 g/mol. The number of ether oxygens (including phenoxy) is 1. The number of carbonyl (C=O) groups excluding carboxylic acids is 1. The van der Waals surface area contributed by atoms with Crippen LogP contribution in [0.5, 0.6) is 5.75 Å². The van der Waals surface area contributed by atoms with Crippen molar-refractivity contribution < 1.29 is 9.53 Å². The number of anilines is 1. The zero-order valence-corrected chi connectivity index (χ0v) is 13.0. The summed E-state index contributed by atoms with van der Waals surface area (Å²) in [5.41, 5.74) is 0.992. The van der Waals surface area contributed by atoms with E-state index in [1.165, 1.54) is 0 Å². The van der Waals surface area contributed by atoms with Crippen molar-refractivity contribution in [3.8, 4) is 5.75 Å². The summed E-state index contributed by atoms with van der Waals surface area (Å²) in [6.45, 7) is 1.82. The van der Waals surface area contributed by atoms with E-state index in [0.29, 0.717) is 16.6 Å². The van der Waals surface area contributed by atoms with Gasteiger partial charge in [0.05, 0.1) is 0 Å². The van der Waals surface area contributed by atoms with Crippen LogP contribution in [0.2, 0.25) is 5.02 Å². The van der Waals surface area contributed by atoms with E-state index in [4.69, 9.17) is 16.3 Å². The molecule has 1 aromatic carbocycles. The molecule has 104 valence electrons. The van der Waals surface area contributed by atoms with Crippen molar-refractivity contribution in [2.75, 3.05) is 11.9 Å². The van der Waals surface area contributed by atoms with Gasteiger partial charge in [-0.3, -0.25) is 4.79 Å². The summed E-state index contributed by atoms with van der Waals surface area (Å²) in [5.74, 6) is 0.761. The summed E-state index contributed by atoms with van der Waals surface area (Å²) in [6, 6.07) is 8.66. The average Bonchev–Trinajstić information content (AvgIpc) is 2.41. The highest BCUT2D eigenvalue weighted by Crippen LogP contribution is 2.18. The van der Waals surface area contributed by atoms with Crippen molar-refractivity contribution in [2.24, 2.45) is 0 Å². The first-order valence-corrected chi connectivity index (χ1v) is 7.02. The molecule has 0 radical (unpaired) electrons. The van der Waals surface area contributed by atoms with Gasteiger partial charge in [0.25, 0.3) is 5.91 Å². The molecule has 2 rings (SSSR count). The minimum absolute atomic E-state index is 0.100. The number of aryl methyl sites for hydroxylation is 1. The van der Waals surface area contributed by atoms with E-state index in [-0.39, 0.29) is 12.5 Å². The fourth-order valence-electron chi connectivity index (χ4n) is 1.49. The lowest BCUT2D eigenvalue weighted by atomic mass is 10.3. The fraction of sp³-hybridized carbons (Fsp3) is 0.143. The van der Waals surface area contributed by atoms with E-state index in [1.54, 1.807) is 36.5 Å². The topological polar surface area (TPSA) is 51.2 Å². The summed E-state index contributed by atoms with van der Waals surface area (Å²) < 4.78 is 6.24. The van der Waals surface area contributed by atoms with Crippen LogP contribution in [-0.2, 0) is 4.79 Å². The number of halogens is 2. The largest absolute Gasteiger partial charge is 0.484 e. The highest BCUT2D eigenvalue weighted by atomic mass is 79.9. The van der Waals surface area contributed by atoms with Gasteiger partial charge in [-0.25, -0.2) is 4.98 Å². The Labute approximate surface area is 130 Å². The highest BCUT2D eigenvalue weighted by molar-refractivity contribution is 9.10. The van der Waals surface area contributed by atoms with Gasteiger partial charge < -0.3 is 10.1 Å². The van der Waals surface area contributed by atoms with E-state index in [9.17, 15) is 4.79 Å². The summed E-state index contributed by atoms with van der Waals surface area (Å²) in [7, 11) is 0. The molecule has 0 bridgehead atoms. The van der Waals surface area contributed by atoms with Crippen LogP contribution in [-0.4, -0.2) is 17.5 Å². The van der Waals surface area contributed by atoms with E-state index < -0.39 is 0 Å². The van der Waals surface area contributed by atoms with Gasteiger partial charge in [0.2, 0.25) is 0 Å². The number of hydrogen-bond donors (Lipinski definition) is 1. The molecule has 2 aromatic rings. The molecule has 0 spiro atoms. The van der Waals surface area contributed by atoms with Crippen molar-refractivity contribution >= 4 is 39.3 Å². The minimum atomic E-state index is -0.279. The monoisotopic (exact) mass is 354 g/mol. The number of aromatic nitrogens is 1. The quantitative estimate of drug-likeness (QED) is 0.907. The number of nitrogens with zero attached hydrogens (tertiary/aromatic N) is 1. The molecule has 0 atom stereocenters. The van der Waals surface area contributed by atoms with Crippen molar-refractivity contribution in [1.82, 2.24) is 4.98 Å². The third kappa shape index (κ3) is 4.21. The molecule has 0 fully saturated rings. The Hall–Kier alpha value is -1.59. The maximum Gasteiger partial charge on any atom is 0.263 e. The Kier molecular flexibility index (Phi) is 4.98. The lowest BCUT2D eigenvalue weighted by Crippen LogP contribution is -2.20. The number of nitrogens with one attached hydrogen (secondary N) is 1. The summed E-state index contributed by atoms with van der Waals surface area (Å²) >= 11 is 9.18. The molecule has 0 aliphatic heterocycles. The maximum atomic E-state index is 11.7. The second-order valence-corrected chi connectivity index (χ2v) is 5.40. The lowest BCUT2D eigenvalue weighted by molar-refractivity contribution is -0.118. The summed E-state index contributed by atoms with van der Waals surface area (Å²) in [6.07, 6.45) is 1.64. The Morgan fingerprint density at radius 3 is 2.95 bits per heavy atom. The Morgan fingerprint density at radius 1 is 1.45 bits per heavy atom. The van der Waals surface area contributed by atoms with Gasteiger partial charge in [0.1, 0.15) is 11.6 Å². The number of hydrogen-bond acceptors (Lipinski definition) is 3. The van der Waals surface area contributed by atoms with Crippen LogP contribution >= 0.6 is 27.5 Å². The first-order chi connectivity index (χ1) is 9.54. The van der Waals surface area contributed by atoms with Crippen LogP contribution in [0.15, 0.2) is 41.0 Å². The van der Waals surface area contributed by atoms with Crippen LogP contribution in [0.1, 0.15) is 5.56 Å². The first-order valence-electron chi connectivity index (χ1n) is 5.85. The number of amides is 1. The fourth-order valence-corrected chi connectivity index (χ4v) is 1.89. The van der Waals surface area contributed by atoms with Crippen LogP contribution in [0, 0.1) is 6.92 Å². The van der Waals surface area contributed by atoms with Gasteiger partial charge in [0.15, 0.2) is 6.61 Å². The third-order valence-electron chi connectivity index (χ3n) is 2.48. The Balaban J connectivity index is 1.91. The lowest BCUT2D eigenvalue weighted by Gasteiger charge is -2.08. The molecule has 0 aliphatic rings. The van der Waals surface area contributed by atoms with Crippen molar-refractivity contribution in [3.63, 3.8) is 0 Å². The van der Waals surface area contributed by atoms with Gasteiger partial charge in [-0.15, -0.1) is 0 Å². The predicted molar refractivity (Wildman–Crippen MR) is 82.3 cm³/mol. The van der Waals surface area contributed by atoms with E-state index in [1.807, 2.05) is 6.92 Å². The first kappa shape index (κ1) is 14.8. The van der Waals surface area contributed by atoms with Gasteiger partial charge in [-0.05, 0) is 52.7 Å². The number of pyridine rings is 1. The SMILES string of the molecule is Cc1cc(NC(=O)COc2cccc(Cl)c2)ncc1Br. The average molecular weight is 356 g/mol. The van der Waals surface area contributed by atoms with Crippen LogP contribution in [0.25, 0.3) is 0 Å². The highest BCUT2D eigenvalue weighted by Gasteiger charge is 2.06. The molecule has 20 heavy (non-hydrogen) atoms. The third-order valence-corrected chi connectivity index (χ3v) is 3.55. The van der Waals surface area contributed by atoms with Gasteiger partial charge >= 0.3 is 0 Å². The molecule has 0 aliphatic carbocycles. The summed E-state index contributed by atoms with van der Waals surface area (Å²) in [4.78, 5) is 15.8. The number of benzene rings is 1. The molecule has 1 N–H and O–H groups in total. The van der Waals surface area contributed by atoms with E-state index >= 15 is 0 Å².